The highest BCUT2D eigenvalue weighted by molar-refractivity contribution is 7.89. The van der Waals surface area contributed by atoms with Crippen LogP contribution >= 0.6 is 11.3 Å². The van der Waals surface area contributed by atoms with Gasteiger partial charge in [0, 0.05) is 24.5 Å². The summed E-state index contributed by atoms with van der Waals surface area (Å²) in [5.41, 5.74) is 7.07. The van der Waals surface area contributed by atoms with Gasteiger partial charge in [0.15, 0.2) is 0 Å². The van der Waals surface area contributed by atoms with Crippen molar-refractivity contribution in [2.45, 2.75) is 31.1 Å². The summed E-state index contributed by atoms with van der Waals surface area (Å²) in [7, 11) is -0.796. The number of thiophene rings is 1. The molecular formula is C19H23N3O4S2. The number of anilines is 1. The van der Waals surface area contributed by atoms with Gasteiger partial charge >= 0.3 is 0 Å². The van der Waals surface area contributed by atoms with Gasteiger partial charge in [0.25, 0.3) is 11.8 Å². The summed E-state index contributed by atoms with van der Waals surface area (Å²) in [5.74, 6) is -0.528. The number of primary amides is 1. The molecule has 0 unspecified atom stereocenters. The zero-order valence-electron chi connectivity index (χ0n) is 16.0. The molecule has 1 aromatic carbocycles. The maximum Gasteiger partial charge on any atom is 0.256 e. The molecule has 9 heteroatoms. The number of fused-ring (bicyclic) bond motifs is 1. The molecule has 2 aromatic rings. The molecule has 0 saturated carbocycles. The van der Waals surface area contributed by atoms with Gasteiger partial charge in [-0.1, -0.05) is 13.0 Å². The van der Waals surface area contributed by atoms with Gasteiger partial charge < -0.3 is 11.1 Å². The molecule has 1 aliphatic carbocycles. The molecule has 3 N–H and O–H groups in total. The summed E-state index contributed by atoms with van der Waals surface area (Å²) in [5, 5.41) is 3.19. The molecule has 1 aromatic heterocycles. The van der Waals surface area contributed by atoms with Crippen LogP contribution in [0.2, 0.25) is 0 Å². The van der Waals surface area contributed by atoms with E-state index in [1.54, 1.807) is 0 Å². The Morgan fingerprint density at radius 2 is 2.00 bits per heavy atom. The number of sulfonamides is 1. The Morgan fingerprint density at radius 1 is 1.29 bits per heavy atom. The van der Waals surface area contributed by atoms with Crippen molar-refractivity contribution in [2.24, 2.45) is 11.7 Å². The first kappa shape index (κ1) is 20.5. The first-order chi connectivity index (χ1) is 13.1. The normalized spacial score (nSPS) is 16.6. The van der Waals surface area contributed by atoms with E-state index in [0.29, 0.717) is 16.5 Å². The van der Waals surface area contributed by atoms with Crippen molar-refractivity contribution in [1.29, 1.82) is 0 Å². The predicted molar refractivity (Wildman–Crippen MR) is 109 cm³/mol. The Labute approximate surface area is 168 Å². The van der Waals surface area contributed by atoms with E-state index in [0.717, 1.165) is 34.0 Å². The number of nitrogens with two attached hydrogens (primary N) is 1. The number of benzene rings is 1. The topological polar surface area (TPSA) is 110 Å². The van der Waals surface area contributed by atoms with Crippen LogP contribution in [0.5, 0.6) is 0 Å². The van der Waals surface area contributed by atoms with Gasteiger partial charge in [0.05, 0.1) is 10.5 Å². The summed E-state index contributed by atoms with van der Waals surface area (Å²) >= 11 is 1.37. The van der Waals surface area contributed by atoms with Gasteiger partial charge in [-0.15, -0.1) is 11.3 Å². The number of carbonyl (C=O) groups excluding carboxylic acids is 2. The third kappa shape index (κ3) is 3.82. The largest absolute Gasteiger partial charge is 0.365 e. The van der Waals surface area contributed by atoms with Gasteiger partial charge in [-0.25, -0.2) is 12.7 Å². The quantitative estimate of drug-likeness (QED) is 0.773. The van der Waals surface area contributed by atoms with Gasteiger partial charge in [0.2, 0.25) is 10.0 Å². The first-order valence-corrected chi connectivity index (χ1v) is 11.1. The number of hydrogen-bond acceptors (Lipinski definition) is 5. The van der Waals surface area contributed by atoms with E-state index >= 15 is 0 Å². The van der Waals surface area contributed by atoms with E-state index in [-0.39, 0.29) is 10.5 Å². The Hall–Kier alpha value is -2.23. The van der Waals surface area contributed by atoms with E-state index < -0.39 is 21.8 Å². The minimum Gasteiger partial charge on any atom is -0.365 e. The summed E-state index contributed by atoms with van der Waals surface area (Å²) < 4.78 is 25.7. The van der Waals surface area contributed by atoms with E-state index in [4.69, 9.17) is 5.73 Å². The van der Waals surface area contributed by atoms with E-state index in [2.05, 4.69) is 12.2 Å². The average Bonchev–Trinajstić information content (AvgIpc) is 2.98. The summed E-state index contributed by atoms with van der Waals surface area (Å²) in [6.07, 6.45) is 2.59. The lowest BCUT2D eigenvalue weighted by Gasteiger charge is -2.18. The second-order valence-corrected chi connectivity index (χ2v) is 10.4. The lowest BCUT2D eigenvalue weighted by molar-refractivity contribution is 0.1000. The molecule has 150 valence electrons. The van der Waals surface area contributed by atoms with Crippen molar-refractivity contribution in [3.05, 3.63) is 45.8 Å². The van der Waals surface area contributed by atoms with Crippen LogP contribution in [0.15, 0.2) is 29.2 Å². The molecule has 2 amide bonds. The summed E-state index contributed by atoms with van der Waals surface area (Å²) in [6.45, 7) is 2.15. The van der Waals surface area contributed by atoms with Crippen LogP contribution < -0.4 is 11.1 Å². The van der Waals surface area contributed by atoms with Crippen LogP contribution in [-0.2, 0) is 22.9 Å². The van der Waals surface area contributed by atoms with E-state index in [1.165, 1.54) is 49.7 Å². The highest BCUT2D eigenvalue weighted by atomic mass is 32.2. The third-order valence-corrected chi connectivity index (χ3v) is 7.84. The van der Waals surface area contributed by atoms with Crippen molar-refractivity contribution in [2.75, 3.05) is 19.4 Å². The molecule has 7 nitrogen and oxygen atoms in total. The molecule has 0 fully saturated rings. The number of carbonyl (C=O) groups is 2. The molecular weight excluding hydrogens is 398 g/mol. The van der Waals surface area contributed by atoms with Gasteiger partial charge in [-0.05, 0) is 48.9 Å². The van der Waals surface area contributed by atoms with Gasteiger partial charge in [-0.3, -0.25) is 9.59 Å². The molecule has 1 heterocycles. The van der Waals surface area contributed by atoms with Gasteiger partial charge in [0.1, 0.15) is 5.00 Å². The van der Waals surface area contributed by atoms with Crippen molar-refractivity contribution in [3.8, 4) is 0 Å². The van der Waals surface area contributed by atoms with Crippen LogP contribution in [0.25, 0.3) is 0 Å². The van der Waals surface area contributed by atoms with Crippen LogP contribution in [-0.4, -0.2) is 38.6 Å². The number of nitrogens with zero attached hydrogens (tertiary/aromatic N) is 1. The molecule has 0 aliphatic heterocycles. The SMILES string of the molecule is C[C@H]1CCc2c(sc(NC(=O)c3cccc(S(=O)(=O)N(C)C)c3)c2C(N)=O)C1. The summed E-state index contributed by atoms with van der Waals surface area (Å²) in [6, 6.07) is 5.81. The van der Waals surface area contributed by atoms with Crippen LogP contribution in [0.3, 0.4) is 0 Å². The smallest absolute Gasteiger partial charge is 0.256 e. The highest BCUT2D eigenvalue weighted by Crippen LogP contribution is 2.39. The lowest BCUT2D eigenvalue weighted by Crippen LogP contribution is -2.23. The van der Waals surface area contributed by atoms with Gasteiger partial charge in [-0.2, -0.15) is 0 Å². The first-order valence-electron chi connectivity index (χ1n) is 8.89. The van der Waals surface area contributed by atoms with Crippen LogP contribution in [0, 0.1) is 5.92 Å². The highest BCUT2D eigenvalue weighted by Gasteiger charge is 2.27. The van der Waals surface area contributed by atoms with E-state index in [1.807, 2.05) is 0 Å². The standard InChI is InChI=1S/C19H23N3O4S2/c1-11-7-8-14-15(9-11)27-19(16(14)17(20)23)21-18(24)12-5-4-6-13(10-12)28(25,26)22(2)3/h4-6,10-11H,7-9H2,1-3H3,(H2,20,23)(H,21,24)/t11-/m0/s1. The predicted octanol–water partition coefficient (Wildman–Crippen LogP) is 2.47. The molecule has 0 spiro atoms. The minimum atomic E-state index is -3.65. The van der Waals surface area contributed by atoms with Crippen LogP contribution in [0.1, 0.15) is 44.5 Å². The fourth-order valence-electron chi connectivity index (χ4n) is 3.28. The maximum absolute atomic E-state index is 12.8. The summed E-state index contributed by atoms with van der Waals surface area (Å²) in [4.78, 5) is 25.9. The number of rotatable bonds is 5. The van der Waals surface area contributed by atoms with Crippen molar-refractivity contribution < 1.29 is 18.0 Å². The average molecular weight is 422 g/mol. The molecule has 28 heavy (non-hydrogen) atoms. The number of hydrogen-bond donors (Lipinski definition) is 2. The van der Waals surface area contributed by atoms with Crippen molar-refractivity contribution in [1.82, 2.24) is 4.31 Å². The fraction of sp³-hybridized carbons (Fsp3) is 0.368. The lowest BCUT2D eigenvalue weighted by atomic mass is 9.88. The molecule has 1 aliphatic rings. The Morgan fingerprint density at radius 3 is 2.64 bits per heavy atom. The zero-order valence-corrected chi connectivity index (χ0v) is 17.6. The molecule has 0 bridgehead atoms. The number of nitrogens with one attached hydrogen (secondary N) is 1. The molecule has 0 saturated heterocycles. The maximum atomic E-state index is 12.8. The number of amides is 2. The van der Waals surface area contributed by atoms with Crippen molar-refractivity contribution in [3.63, 3.8) is 0 Å². The minimum absolute atomic E-state index is 0.0274. The fourth-order valence-corrected chi connectivity index (χ4v) is 5.64. The Kier molecular flexibility index (Phi) is 5.60. The monoisotopic (exact) mass is 421 g/mol. The van der Waals surface area contributed by atoms with E-state index in [9.17, 15) is 18.0 Å². The second kappa shape index (κ2) is 7.65. The van der Waals surface area contributed by atoms with Crippen LogP contribution in [0.4, 0.5) is 5.00 Å². The zero-order chi connectivity index (χ0) is 20.6. The third-order valence-electron chi connectivity index (χ3n) is 4.86. The van der Waals surface area contributed by atoms with Crippen molar-refractivity contribution >= 4 is 38.2 Å². The molecule has 1 atom stereocenters. The molecule has 0 radical (unpaired) electrons. The second-order valence-electron chi connectivity index (χ2n) is 7.19. The Balaban J connectivity index is 1.93. The Bertz CT molecular complexity index is 1040. The molecule has 3 rings (SSSR count).